The molecule has 1 aliphatic rings. The van der Waals surface area contributed by atoms with Crippen LogP contribution in [-0.2, 0) is 10.1 Å². The summed E-state index contributed by atoms with van der Waals surface area (Å²) in [5.74, 6) is -0.235. The van der Waals surface area contributed by atoms with Crippen molar-refractivity contribution in [3.63, 3.8) is 0 Å². The van der Waals surface area contributed by atoms with Gasteiger partial charge in [0.2, 0.25) is 0 Å². The summed E-state index contributed by atoms with van der Waals surface area (Å²) in [4.78, 5) is 0. The van der Waals surface area contributed by atoms with Gasteiger partial charge in [-0.2, -0.15) is 8.42 Å². The van der Waals surface area contributed by atoms with Gasteiger partial charge in [-0.15, -0.1) is 0 Å². The molecular formula is C8H13NO3S. The second-order valence-electron chi connectivity index (χ2n) is 2.90. The quantitative estimate of drug-likeness (QED) is 0.647. The molecule has 0 saturated carbocycles. The molecule has 0 aromatic carbocycles. The van der Waals surface area contributed by atoms with E-state index < -0.39 is 10.1 Å². The Kier molecular flexibility index (Phi) is 3.65. The van der Waals surface area contributed by atoms with Crippen molar-refractivity contribution in [2.45, 2.75) is 12.5 Å². The van der Waals surface area contributed by atoms with Crippen LogP contribution < -0.4 is 5.32 Å². The van der Waals surface area contributed by atoms with Crippen LogP contribution in [0, 0.1) is 0 Å². The predicted octanol–water partition coefficient (Wildman–Crippen LogP) is 0.349. The zero-order valence-corrected chi connectivity index (χ0v) is 8.00. The molecule has 13 heavy (non-hydrogen) atoms. The van der Waals surface area contributed by atoms with Crippen LogP contribution in [0.25, 0.3) is 0 Å². The molecule has 74 valence electrons. The Morgan fingerprint density at radius 2 is 2.23 bits per heavy atom. The van der Waals surface area contributed by atoms with Gasteiger partial charge in [-0.05, 0) is 6.42 Å². The SMILES string of the molecule is O=S(=O)(O)CCN[C@@H]1C=CC=CC1. The Morgan fingerprint density at radius 1 is 1.46 bits per heavy atom. The zero-order valence-electron chi connectivity index (χ0n) is 7.18. The molecule has 0 fully saturated rings. The summed E-state index contributed by atoms with van der Waals surface area (Å²) < 4.78 is 29.2. The van der Waals surface area contributed by atoms with E-state index in [9.17, 15) is 8.42 Å². The van der Waals surface area contributed by atoms with Gasteiger partial charge >= 0.3 is 0 Å². The largest absolute Gasteiger partial charge is 0.309 e. The molecule has 0 aliphatic heterocycles. The first-order valence-electron chi connectivity index (χ1n) is 4.10. The summed E-state index contributed by atoms with van der Waals surface area (Å²) in [6.45, 7) is 0.279. The molecule has 1 atom stereocenters. The number of nitrogens with one attached hydrogen (secondary N) is 1. The summed E-state index contributed by atoms with van der Waals surface area (Å²) in [5, 5.41) is 3.00. The van der Waals surface area contributed by atoms with Crippen LogP contribution in [0.4, 0.5) is 0 Å². The maximum absolute atomic E-state index is 10.4. The lowest BCUT2D eigenvalue weighted by atomic mass is 10.1. The highest BCUT2D eigenvalue weighted by Crippen LogP contribution is 2.01. The van der Waals surface area contributed by atoms with Crippen molar-refractivity contribution >= 4 is 10.1 Å². The lowest BCUT2D eigenvalue weighted by Gasteiger charge is -2.13. The van der Waals surface area contributed by atoms with Crippen molar-refractivity contribution in [3.8, 4) is 0 Å². The van der Waals surface area contributed by atoms with Crippen molar-refractivity contribution in [1.29, 1.82) is 0 Å². The molecule has 1 rings (SSSR count). The molecular weight excluding hydrogens is 190 g/mol. The molecule has 0 radical (unpaired) electrons. The van der Waals surface area contributed by atoms with Crippen molar-refractivity contribution in [2.24, 2.45) is 0 Å². The average Bonchev–Trinajstić information content (AvgIpc) is 2.04. The van der Waals surface area contributed by atoms with Gasteiger partial charge < -0.3 is 5.32 Å². The highest BCUT2D eigenvalue weighted by molar-refractivity contribution is 7.85. The van der Waals surface area contributed by atoms with Crippen molar-refractivity contribution in [3.05, 3.63) is 24.3 Å². The minimum Gasteiger partial charge on any atom is -0.309 e. The third-order valence-electron chi connectivity index (χ3n) is 1.75. The fraction of sp³-hybridized carbons (Fsp3) is 0.500. The predicted molar refractivity (Wildman–Crippen MR) is 51.1 cm³/mol. The zero-order chi connectivity index (χ0) is 9.73. The molecule has 0 saturated heterocycles. The molecule has 0 bridgehead atoms. The van der Waals surface area contributed by atoms with E-state index in [1.807, 2.05) is 24.3 Å². The van der Waals surface area contributed by atoms with Crippen molar-refractivity contribution in [2.75, 3.05) is 12.3 Å². The van der Waals surface area contributed by atoms with Crippen molar-refractivity contribution in [1.82, 2.24) is 5.32 Å². The van der Waals surface area contributed by atoms with E-state index in [2.05, 4.69) is 5.32 Å². The first kappa shape index (κ1) is 10.4. The first-order valence-corrected chi connectivity index (χ1v) is 5.71. The van der Waals surface area contributed by atoms with E-state index in [1.54, 1.807) is 0 Å². The van der Waals surface area contributed by atoms with Gasteiger partial charge in [0.05, 0.1) is 5.75 Å². The topological polar surface area (TPSA) is 66.4 Å². The van der Waals surface area contributed by atoms with E-state index in [4.69, 9.17) is 4.55 Å². The Balaban J connectivity index is 2.20. The van der Waals surface area contributed by atoms with E-state index >= 15 is 0 Å². The molecule has 0 aromatic heterocycles. The molecule has 2 N–H and O–H groups in total. The Labute approximate surface area is 78.1 Å². The average molecular weight is 203 g/mol. The van der Waals surface area contributed by atoms with E-state index in [0.717, 1.165) is 6.42 Å². The van der Waals surface area contributed by atoms with E-state index in [1.165, 1.54) is 0 Å². The van der Waals surface area contributed by atoms with Crippen LogP contribution in [-0.4, -0.2) is 31.3 Å². The van der Waals surface area contributed by atoms with Gasteiger partial charge in [0, 0.05) is 12.6 Å². The molecule has 1 aliphatic carbocycles. The minimum atomic E-state index is -3.83. The third-order valence-corrected chi connectivity index (χ3v) is 2.47. The number of hydrogen-bond donors (Lipinski definition) is 2. The van der Waals surface area contributed by atoms with Crippen molar-refractivity contribution < 1.29 is 13.0 Å². The number of hydrogen-bond acceptors (Lipinski definition) is 3. The highest BCUT2D eigenvalue weighted by Gasteiger charge is 2.07. The maximum Gasteiger partial charge on any atom is 0.266 e. The van der Waals surface area contributed by atoms with Crippen LogP contribution in [0.3, 0.4) is 0 Å². The summed E-state index contributed by atoms with van der Waals surface area (Å²) in [6, 6.07) is 0.187. The molecule has 0 amide bonds. The Bertz CT molecular complexity index is 305. The second kappa shape index (κ2) is 4.55. The van der Waals surface area contributed by atoms with Gasteiger partial charge in [-0.3, -0.25) is 4.55 Å². The number of allylic oxidation sites excluding steroid dienone is 2. The fourth-order valence-electron chi connectivity index (χ4n) is 1.11. The third kappa shape index (κ3) is 4.82. The highest BCUT2D eigenvalue weighted by atomic mass is 32.2. The van der Waals surface area contributed by atoms with Gasteiger partial charge in [-0.1, -0.05) is 24.3 Å². The molecule has 0 spiro atoms. The summed E-state index contributed by atoms with van der Waals surface area (Å²) in [7, 11) is -3.83. The lowest BCUT2D eigenvalue weighted by Crippen LogP contribution is -2.31. The smallest absolute Gasteiger partial charge is 0.266 e. The Morgan fingerprint density at radius 3 is 2.77 bits per heavy atom. The first-order chi connectivity index (χ1) is 6.08. The normalized spacial score (nSPS) is 22.1. The molecule has 5 heteroatoms. The summed E-state index contributed by atoms with van der Waals surface area (Å²) >= 11 is 0. The van der Waals surface area contributed by atoms with Gasteiger partial charge in [0.15, 0.2) is 0 Å². The molecule has 4 nitrogen and oxygen atoms in total. The van der Waals surface area contributed by atoms with Gasteiger partial charge in [0.1, 0.15) is 0 Å². The summed E-state index contributed by atoms with van der Waals surface area (Å²) in [6.07, 6.45) is 8.69. The number of rotatable bonds is 4. The van der Waals surface area contributed by atoms with Crippen LogP contribution in [0.15, 0.2) is 24.3 Å². The molecule has 0 unspecified atom stereocenters. The van der Waals surface area contributed by atoms with Gasteiger partial charge in [0.25, 0.3) is 10.1 Å². The van der Waals surface area contributed by atoms with Crippen LogP contribution in [0.2, 0.25) is 0 Å². The molecule has 0 aromatic rings. The monoisotopic (exact) mass is 203 g/mol. The maximum atomic E-state index is 10.4. The van der Waals surface area contributed by atoms with Gasteiger partial charge in [-0.25, -0.2) is 0 Å². The molecule has 0 heterocycles. The minimum absolute atomic E-state index is 0.187. The summed E-state index contributed by atoms with van der Waals surface area (Å²) in [5.41, 5.74) is 0. The van der Waals surface area contributed by atoms with Crippen LogP contribution >= 0.6 is 0 Å². The fourth-order valence-corrected chi connectivity index (χ4v) is 1.48. The second-order valence-corrected chi connectivity index (χ2v) is 4.47. The lowest BCUT2D eigenvalue weighted by molar-refractivity contribution is 0.478. The van der Waals surface area contributed by atoms with Crippen LogP contribution in [0.5, 0.6) is 0 Å². The van der Waals surface area contributed by atoms with E-state index in [0.29, 0.717) is 0 Å². The Hall–Kier alpha value is -0.650. The standard InChI is InChI=1S/C8H13NO3S/c10-13(11,12)7-6-9-8-4-2-1-3-5-8/h1-4,8-9H,5-7H2,(H,10,11,12)/t8-/m1/s1. The van der Waals surface area contributed by atoms with E-state index in [-0.39, 0.29) is 18.3 Å². The van der Waals surface area contributed by atoms with Crippen LogP contribution in [0.1, 0.15) is 6.42 Å².